The van der Waals surface area contributed by atoms with Gasteiger partial charge in [-0.25, -0.2) is 9.78 Å². The minimum Gasteiger partial charge on any atom is -0.462 e. The van der Waals surface area contributed by atoms with Crippen LogP contribution >= 0.6 is 11.6 Å². The van der Waals surface area contributed by atoms with E-state index in [9.17, 15) is 9.59 Å². The van der Waals surface area contributed by atoms with Crippen LogP contribution in [0.2, 0.25) is 5.15 Å². The molecule has 1 N–H and O–H groups in total. The quantitative estimate of drug-likeness (QED) is 0.664. The number of benzene rings is 1. The smallest absolute Gasteiger partial charge is 0.340 e. The summed E-state index contributed by atoms with van der Waals surface area (Å²) in [5, 5.41) is 2.93. The average molecular weight is 348 g/mol. The van der Waals surface area contributed by atoms with Crippen LogP contribution in [-0.4, -0.2) is 37.6 Å². The van der Waals surface area contributed by atoms with E-state index in [1.807, 2.05) is 0 Å². The lowest BCUT2D eigenvalue weighted by Crippen LogP contribution is -2.17. The Labute approximate surface area is 145 Å². The lowest BCUT2D eigenvalue weighted by molar-refractivity contribution is 0.0527. The molecule has 6 nitrogen and oxygen atoms in total. The van der Waals surface area contributed by atoms with Crippen molar-refractivity contribution in [2.45, 2.75) is 6.92 Å². The first-order valence-electron chi connectivity index (χ1n) is 7.34. The minimum absolute atomic E-state index is 0.213. The van der Waals surface area contributed by atoms with E-state index in [1.165, 1.54) is 6.07 Å². The van der Waals surface area contributed by atoms with E-state index < -0.39 is 5.97 Å². The third-order valence-corrected chi connectivity index (χ3v) is 3.37. The molecule has 2 rings (SSSR count). The first-order valence-corrected chi connectivity index (χ1v) is 7.72. The Kier molecular flexibility index (Phi) is 5.76. The number of halogens is 1. The summed E-state index contributed by atoms with van der Waals surface area (Å²) in [6.07, 6.45) is 0. The van der Waals surface area contributed by atoms with Crippen molar-refractivity contribution in [2.24, 2.45) is 0 Å². The predicted molar refractivity (Wildman–Crippen MR) is 93.9 cm³/mol. The molecule has 0 saturated heterocycles. The van der Waals surface area contributed by atoms with Crippen LogP contribution in [0.1, 0.15) is 27.6 Å². The molecule has 0 saturated carbocycles. The number of aromatic nitrogens is 1. The normalized spacial score (nSPS) is 10.2. The van der Waals surface area contributed by atoms with Crippen LogP contribution in [0, 0.1) is 0 Å². The number of nitrogens with zero attached hydrogens (tertiary/aromatic N) is 2. The fourth-order valence-corrected chi connectivity index (χ4v) is 2.22. The Bertz CT molecular complexity index is 762. The van der Waals surface area contributed by atoms with Crippen LogP contribution in [0.5, 0.6) is 0 Å². The third kappa shape index (κ3) is 4.23. The van der Waals surface area contributed by atoms with Gasteiger partial charge in [0, 0.05) is 19.7 Å². The summed E-state index contributed by atoms with van der Waals surface area (Å²) in [5.74, 6) is -0.319. The number of pyridine rings is 1. The van der Waals surface area contributed by atoms with Gasteiger partial charge in [-0.2, -0.15) is 0 Å². The van der Waals surface area contributed by atoms with Crippen molar-refractivity contribution in [3.05, 3.63) is 52.7 Å². The summed E-state index contributed by atoms with van der Waals surface area (Å²) in [6.45, 7) is 1.98. The van der Waals surface area contributed by atoms with Crippen molar-refractivity contribution in [3.63, 3.8) is 0 Å². The molecule has 1 amide bonds. The molecule has 0 atom stereocenters. The lowest BCUT2D eigenvalue weighted by atomic mass is 10.1. The van der Waals surface area contributed by atoms with Gasteiger partial charge in [-0.05, 0) is 31.2 Å². The van der Waals surface area contributed by atoms with E-state index in [2.05, 4.69) is 10.3 Å². The molecule has 1 heterocycles. The van der Waals surface area contributed by atoms with E-state index in [-0.39, 0.29) is 17.7 Å². The highest BCUT2D eigenvalue weighted by atomic mass is 35.5. The highest BCUT2D eigenvalue weighted by Gasteiger charge is 2.16. The zero-order valence-corrected chi connectivity index (χ0v) is 14.4. The number of esters is 1. The molecule has 0 unspecified atom stereocenters. The average Bonchev–Trinajstić information content (AvgIpc) is 2.54. The molecule has 0 fully saturated rings. The molecule has 126 valence electrons. The van der Waals surface area contributed by atoms with Crippen LogP contribution in [0.3, 0.4) is 0 Å². The van der Waals surface area contributed by atoms with Crippen LogP contribution in [0.4, 0.5) is 11.5 Å². The van der Waals surface area contributed by atoms with Crippen molar-refractivity contribution in [1.29, 1.82) is 0 Å². The van der Waals surface area contributed by atoms with Gasteiger partial charge >= 0.3 is 5.97 Å². The summed E-state index contributed by atoms with van der Waals surface area (Å²) < 4.78 is 5.00. The number of rotatable bonds is 5. The predicted octanol–water partition coefficient (Wildman–Crippen LogP) is 3.23. The number of ether oxygens (including phenoxy) is 1. The number of hydrogen-bond acceptors (Lipinski definition) is 5. The van der Waals surface area contributed by atoms with Gasteiger partial charge in [0.15, 0.2) is 0 Å². The SMILES string of the molecule is CCOC(=O)c1ccccc1NC(=O)c1cc(Cl)nc(N(C)C)c1. The van der Waals surface area contributed by atoms with Gasteiger partial charge in [0.2, 0.25) is 0 Å². The highest BCUT2D eigenvalue weighted by molar-refractivity contribution is 6.30. The molecule has 0 bridgehead atoms. The summed E-state index contributed by atoms with van der Waals surface area (Å²) in [6, 6.07) is 9.75. The first-order chi connectivity index (χ1) is 11.4. The van der Waals surface area contributed by atoms with Crippen molar-refractivity contribution in [1.82, 2.24) is 4.98 Å². The Hall–Kier alpha value is -2.60. The Morgan fingerprint density at radius 3 is 2.62 bits per heavy atom. The van der Waals surface area contributed by atoms with Crippen molar-refractivity contribution < 1.29 is 14.3 Å². The summed E-state index contributed by atoms with van der Waals surface area (Å²) in [5.41, 5.74) is 1.01. The first kappa shape index (κ1) is 17.7. The van der Waals surface area contributed by atoms with E-state index >= 15 is 0 Å². The maximum Gasteiger partial charge on any atom is 0.340 e. The highest BCUT2D eigenvalue weighted by Crippen LogP contribution is 2.20. The zero-order valence-electron chi connectivity index (χ0n) is 13.7. The lowest BCUT2D eigenvalue weighted by Gasteiger charge is -2.14. The molecule has 0 radical (unpaired) electrons. The number of carbonyl (C=O) groups excluding carboxylic acids is 2. The molecular weight excluding hydrogens is 330 g/mol. The molecule has 0 spiro atoms. The Morgan fingerprint density at radius 2 is 1.96 bits per heavy atom. The number of nitrogens with one attached hydrogen (secondary N) is 1. The largest absolute Gasteiger partial charge is 0.462 e. The summed E-state index contributed by atoms with van der Waals surface area (Å²) in [7, 11) is 3.60. The molecule has 0 aliphatic rings. The summed E-state index contributed by atoms with van der Waals surface area (Å²) >= 11 is 5.97. The molecule has 1 aromatic heterocycles. The monoisotopic (exact) mass is 347 g/mol. The fraction of sp³-hybridized carbons (Fsp3) is 0.235. The van der Waals surface area contributed by atoms with E-state index in [1.54, 1.807) is 56.3 Å². The van der Waals surface area contributed by atoms with Crippen molar-refractivity contribution in [2.75, 3.05) is 30.9 Å². The Morgan fingerprint density at radius 1 is 1.25 bits per heavy atom. The van der Waals surface area contributed by atoms with Crippen molar-refractivity contribution >= 4 is 35.0 Å². The molecule has 24 heavy (non-hydrogen) atoms. The number of hydrogen-bond donors (Lipinski definition) is 1. The van der Waals surface area contributed by atoms with E-state index in [0.717, 1.165) is 0 Å². The number of carbonyl (C=O) groups is 2. The number of anilines is 2. The van der Waals surface area contributed by atoms with Gasteiger partial charge in [-0.15, -0.1) is 0 Å². The molecular formula is C17H18ClN3O3. The van der Waals surface area contributed by atoms with Crippen LogP contribution in [0.15, 0.2) is 36.4 Å². The Balaban J connectivity index is 2.29. The van der Waals surface area contributed by atoms with Gasteiger partial charge in [0.05, 0.1) is 17.9 Å². The maximum absolute atomic E-state index is 12.5. The molecule has 0 aliphatic carbocycles. The second kappa shape index (κ2) is 7.79. The van der Waals surface area contributed by atoms with Gasteiger partial charge < -0.3 is 15.0 Å². The van der Waals surface area contributed by atoms with Gasteiger partial charge in [0.25, 0.3) is 5.91 Å². The number of para-hydroxylation sites is 1. The number of amides is 1. The van der Waals surface area contributed by atoms with E-state index in [0.29, 0.717) is 22.6 Å². The second-order valence-electron chi connectivity index (χ2n) is 5.15. The zero-order chi connectivity index (χ0) is 17.7. The van der Waals surface area contributed by atoms with Crippen LogP contribution in [-0.2, 0) is 4.74 Å². The maximum atomic E-state index is 12.5. The van der Waals surface area contributed by atoms with Gasteiger partial charge in [0.1, 0.15) is 11.0 Å². The van der Waals surface area contributed by atoms with Gasteiger partial charge in [-0.3, -0.25) is 4.79 Å². The molecule has 1 aromatic carbocycles. The molecule has 7 heteroatoms. The van der Waals surface area contributed by atoms with E-state index in [4.69, 9.17) is 16.3 Å². The fourth-order valence-electron chi connectivity index (χ4n) is 2.02. The van der Waals surface area contributed by atoms with Crippen LogP contribution in [0.25, 0.3) is 0 Å². The molecule has 0 aliphatic heterocycles. The standard InChI is InChI=1S/C17H18ClN3O3/c1-4-24-17(23)12-7-5-6-8-13(12)19-16(22)11-9-14(18)20-15(10-11)21(2)3/h5-10H,4H2,1-3H3,(H,19,22). The second-order valence-corrected chi connectivity index (χ2v) is 5.54. The van der Waals surface area contributed by atoms with Gasteiger partial charge in [-0.1, -0.05) is 23.7 Å². The third-order valence-electron chi connectivity index (χ3n) is 3.17. The van der Waals surface area contributed by atoms with Crippen LogP contribution < -0.4 is 10.2 Å². The molecule has 2 aromatic rings. The topological polar surface area (TPSA) is 71.5 Å². The summed E-state index contributed by atoms with van der Waals surface area (Å²) in [4.78, 5) is 30.4. The minimum atomic E-state index is -0.491. The van der Waals surface area contributed by atoms with Crippen molar-refractivity contribution in [3.8, 4) is 0 Å².